The Bertz CT molecular complexity index is 361. The Balaban J connectivity index is 2.08. The van der Waals surface area contributed by atoms with E-state index < -0.39 is 6.10 Å². The summed E-state index contributed by atoms with van der Waals surface area (Å²) in [5, 5.41) is 10.4. The average molecular weight is 235 g/mol. The van der Waals surface area contributed by atoms with E-state index in [9.17, 15) is 5.11 Å². The normalized spacial score (nSPS) is 21.1. The first kappa shape index (κ1) is 12.6. The molecule has 0 saturated carbocycles. The van der Waals surface area contributed by atoms with Crippen molar-refractivity contribution >= 4 is 0 Å². The van der Waals surface area contributed by atoms with E-state index in [-0.39, 0.29) is 6.04 Å². The Morgan fingerprint density at radius 2 is 1.88 bits per heavy atom. The van der Waals surface area contributed by atoms with Crippen molar-refractivity contribution in [2.75, 3.05) is 26.3 Å². The van der Waals surface area contributed by atoms with Gasteiger partial charge in [0.1, 0.15) is 0 Å². The molecular formula is C14H21NO2. The maximum absolute atomic E-state index is 10.4. The van der Waals surface area contributed by atoms with E-state index in [0.717, 1.165) is 37.4 Å². The Hall–Kier alpha value is -0.900. The van der Waals surface area contributed by atoms with Crippen molar-refractivity contribution in [3.63, 3.8) is 0 Å². The topological polar surface area (TPSA) is 32.7 Å². The molecule has 17 heavy (non-hydrogen) atoms. The second-order valence-corrected chi connectivity index (χ2v) is 4.69. The summed E-state index contributed by atoms with van der Waals surface area (Å²) in [6.07, 6.45) is -0.422. The van der Waals surface area contributed by atoms with Crippen LogP contribution in [0, 0.1) is 6.92 Å². The molecule has 1 N–H and O–H groups in total. The fourth-order valence-electron chi connectivity index (χ4n) is 2.36. The summed E-state index contributed by atoms with van der Waals surface area (Å²) in [4.78, 5) is 2.29. The smallest absolute Gasteiger partial charge is 0.0945 e. The van der Waals surface area contributed by atoms with Gasteiger partial charge in [-0.05, 0) is 25.0 Å². The van der Waals surface area contributed by atoms with Crippen molar-refractivity contribution in [3.8, 4) is 0 Å². The number of hydrogen-bond donors (Lipinski definition) is 1. The summed E-state index contributed by atoms with van der Waals surface area (Å²) >= 11 is 0. The number of aliphatic hydroxyl groups excluding tert-OH is 1. The van der Waals surface area contributed by atoms with Gasteiger partial charge in [0.05, 0.1) is 19.3 Å². The summed E-state index contributed by atoms with van der Waals surface area (Å²) in [6, 6.07) is 8.18. The fourth-order valence-corrected chi connectivity index (χ4v) is 2.36. The van der Waals surface area contributed by atoms with E-state index in [0.29, 0.717) is 0 Å². The van der Waals surface area contributed by atoms with Crippen LogP contribution in [-0.2, 0) is 4.74 Å². The summed E-state index contributed by atoms with van der Waals surface area (Å²) in [5.41, 5.74) is 2.19. The molecule has 2 atom stereocenters. The molecule has 94 valence electrons. The van der Waals surface area contributed by atoms with Crippen LogP contribution in [0.25, 0.3) is 0 Å². The van der Waals surface area contributed by atoms with Crippen molar-refractivity contribution in [1.29, 1.82) is 0 Å². The van der Waals surface area contributed by atoms with Gasteiger partial charge in [-0.2, -0.15) is 0 Å². The number of hydrogen-bond acceptors (Lipinski definition) is 3. The second kappa shape index (κ2) is 5.63. The van der Waals surface area contributed by atoms with Gasteiger partial charge in [-0.3, -0.25) is 4.90 Å². The molecule has 1 heterocycles. The van der Waals surface area contributed by atoms with E-state index in [4.69, 9.17) is 4.74 Å². The molecule has 1 aromatic rings. The first-order valence-electron chi connectivity index (χ1n) is 6.25. The van der Waals surface area contributed by atoms with Gasteiger partial charge in [-0.1, -0.05) is 24.3 Å². The number of aryl methyl sites for hydroxylation is 1. The van der Waals surface area contributed by atoms with Crippen LogP contribution in [0.5, 0.6) is 0 Å². The van der Waals surface area contributed by atoms with Crippen LogP contribution in [0.1, 0.15) is 24.2 Å². The molecule has 1 aromatic carbocycles. The number of morpholine rings is 1. The summed E-state index contributed by atoms with van der Waals surface area (Å²) in [6.45, 7) is 7.48. The molecule has 0 unspecified atom stereocenters. The summed E-state index contributed by atoms with van der Waals surface area (Å²) in [5.74, 6) is 0. The second-order valence-electron chi connectivity index (χ2n) is 4.69. The van der Waals surface area contributed by atoms with Crippen LogP contribution in [0.2, 0.25) is 0 Å². The van der Waals surface area contributed by atoms with Crippen molar-refractivity contribution in [1.82, 2.24) is 4.90 Å². The Morgan fingerprint density at radius 1 is 1.24 bits per heavy atom. The molecule has 1 aliphatic heterocycles. The van der Waals surface area contributed by atoms with Gasteiger partial charge in [0.15, 0.2) is 0 Å². The zero-order valence-electron chi connectivity index (χ0n) is 10.6. The predicted octanol–water partition coefficient (Wildman–Crippen LogP) is 1.75. The van der Waals surface area contributed by atoms with E-state index in [1.54, 1.807) is 0 Å². The molecule has 0 spiro atoms. The van der Waals surface area contributed by atoms with Crippen molar-refractivity contribution in [3.05, 3.63) is 35.4 Å². The Kier molecular flexibility index (Phi) is 4.15. The number of rotatable bonds is 3. The van der Waals surface area contributed by atoms with E-state index in [1.807, 2.05) is 31.2 Å². The van der Waals surface area contributed by atoms with Crippen LogP contribution < -0.4 is 0 Å². The number of aliphatic hydroxyl groups is 1. The molecule has 0 amide bonds. The van der Waals surface area contributed by atoms with E-state index >= 15 is 0 Å². The highest BCUT2D eigenvalue weighted by molar-refractivity contribution is 5.28. The fraction of sp³-hybridized carbons (Fsp3) is 0.571. The molecular weight excluding hydrogens is 214 g/mol. The van der Waals surface area contributed by atoms with Crippen LogP contribution in [-0.4, -0.2) is 42.4 Å². The highest BCUT2D eigenvalue weighted by Crippen LogP contribution is 2.24. The highest BCUT2D eigenvalue weighted by atomic mass is 16.5. The molecule has 1 saturated heterocycles. The quantitative estimate of drug-likeness (QED) is 0.866. The van der Waals surface area contributed by atoms with Crippen LogP contribution >= 0.6 is 0 Å². The summed E-state index contributed by atoms with van der Waals surface area (Å²) < 4.78 is 5.34. The lowest BCUT2D eigenvalue weighted by Crippen LogP contribution is -2.44. The van der Waals surface area contributed by atoms with Crippen LogP contribution in [0.3, 0.4) is 0 Å². The summed E-state index contributed by atoms with van der Waals surface area (Å²) in [7, 11) is 0. The van der Waals surface area contributed by atoms with Gasteiger partial charge in [0.2, 0.25) is 0 Å². The van der Waals surface area contributed by atoms with Gasteiger partial charge < -0.3 is 9.84 Å². The van der Waals surface area contributed by atoms with E-state index in [2.05, 4.69) is 11.8 Å². The van der Waals surface area contributed by atoms with Gasteiger partial charge >= 0.3 is 0 Å². The molecule has 1 aliphatic rings. The first-order chi connectivity index (χ1) is 8.20. The molecule has 0 aromatic heterocycles. The number of ether oxygens (including phenoxy) is 1. The third-order valence-corrected chi connectivity index (χ3v) is 3.59. The maximum Gasteiger partial charge on any atom is 0.0945 e. The molecule has 3 nitrogen and oxygen atoms in total. The number of nitrogens with zero attached hydrogens (tertiary/aromatic N) is 1. The minimum Gasteiger partial charge on any atom is -0.387 e. The maximum atomic E-state index is 10.4. The largest absolute Gasteiger partial charge is 0.387 e. The zero-order chi connectivity index (χ0) is 12.3. The SMILES string of the molecule is Cc1ccccc1[C@H](O)[C@H](C)N1CCOCC1. The molecule has 0 aliphatic carbocycles. The monoisotopic (exact) mass is 235 g/mol. The molecule has 3 heteroatoms. The third-order valence-electron chi connectivity index (χ3n) is 3.59. The van der Waals surface area contributed by atoms with Crippen molar-refractivity contribution < 1.29 is 9.84 Å². The van der Waals surface area contributed by atoms with Crippen LogP contribution in [0.4, 0.5) is 0 Å². The molecule has 2 rings (SSSR count). The highest BCUT2D eigenvalue weighted by Gasteiger charge is 2.25. The lowest BCUT2D eigenvalue weighted by molar-refractivity contribution is -0.0167. The molecule has 0 bridgehead atoms. The Morgan fingerprint density at radius 3 is 2.53 bits per heavy atom. The third kappa shape index (κ3) is 2.86. The predicted molar refractivity (Wildman–Crippen MR) is 68.0 cm³/mol. The van der Waals surface area contributed by atoms with Crippen molar-refractivity contribution in [2.45, 2.75) is 26.0 Å². The minimum absolute atomic E-state index is 0.139. The lowest BCUT2D eigenvalue weighted by atomic mass is 9.98. The van der Waals surface area contributed by atoms with Gasteiger partial charge in [0.25, 0.3) is 0 Å². The first-order valence-corrected chi connectivity index (χ1v) is 6.25. The van der Waals surface area contributed by atoms with Crippen molar-refractivity contribution in [2.24, 2.45) is 0 Å². The van der Waals surface area contributed by atoms with Gasteiger partial charge in [-0.15, -0.1) is 0 Å². The van der Waals surface area contributed by atoms with E-state index in [1.165, 1.54) is 0 Å². The van der Waals surface area contributed by atoms with Gasteiger partial charge in [-0.25, -0.2) is 0 Å². The average Bonchev–Trinajstić information content (AvgIpc) is 2.39. The lowest BCUT2D eigenvalue weighted by Gasteiger charge is -2.35. The van der Waals surface area contributed by atoms with Gasteiger partial charge in [0, 0.05) is 19.1 Å². The number of benzene rings is 1. The standard InChI is InChI=1S/C14H21NO2/c1-11-5-3-4-6-13(11)14(16)12(2)15-7-9-17-10-8-15/h3-6,12,14,16H,7-10H2,1-2H3/t12-,14+/m0/s1. The molecule has 0 radical (unpaired) electrons. The Labute approximate surface area is 103 Å². The zero-order valence-corrected chi connectivity index (χ0v) is 10.6. The minimum atomic E-state index is -0.422. The van der Waals surface area contributed by atoms with Crippen LogP contribution in [0.15, 0.2) is 24.3 Å². The molecule has 1 fully saturated rings.